The number of aromatic hydroxyl groups is 1. The summed E-state index contributed by atoms with van der Waals surface area (Å²) in [5.74, 6) is 3.00. The minimum Gasteiger partial charge on any atom is -0.508 e. The second-order valence-electron chi connectivity index (χ2n) is 8.39. The van der Waals surface area contributed by atoms with E-state index < -0.39 is 0 Å². The van der Waals surface area contributed by atoms with Crippen LogP contribution in [0.15, 0.2) is 24.3 Å². The molecule has 2 aliphatic rings. The number of phenolic OH excluding ortho intramolecular Hbond substituents is 1. The van der Waals surface area contributed by atoms with Crippen molar-refractivity contribution >= 4 is 17.2 Å². The van der Waals surface area contributed by atoms with Gasteiger partial charge in [-0.05, 0) is 70.1 Å². The molecule has 2 N–H and O–H groups in total. The first-order valence-corrected chi connectivity index (χ1v) is 11.0. The van der Waals surface area contributed by atoms with E-state index in [0.717, 1.165) is 55.5 Å². The van der Waals surface area contributed by atoms with Crippen molar-refractivity contribution in [1.29, 1.82) is 0 Å². The number of aromatic nitrogens is 4. The fraction of sp³-hybridized carbons (Fsp3) is 0.500. The smallest absolute Gasteiger partial charge is 0.222 e. The Labute approximate surface area is 181 Å². The number of piperidine rings is 1. The standard InChI is InChI=1S/C22H29N7O2/c1-3-28-12-13-31-19-18(28)20(23-14-15-8-10-27(2)11-9-15)26-29-21(24-25-22(19)29)16-4-6-17(30)7-5-16/h4-7,15,30H,3,8-14H2,1-2H3,(H,23,26). The van der Waals surface area contributed by atoms with Gasteiger partial charge in [-0.1, -0.05) is 0 Å². The predicted molar refractivity (Wildman–Crippen MR) is 120 cm³/mol. The van der Waals surface area contributed by atoms with Crippen molar-refractivity contribution in [3.05, 3.63) is 24.3 Å². The molecule has 164 valence electrons. The van der Waals surface area contributed by atoms with Gasteiger partial charge < -0.3 is 25.0 Å². The molecule has 0 bridgehead atoms. The Morgan fingerprint density at radius 3 is 2.65 bits per heavy atom. The summed E-state index contributed by atoms with van der Waals surface area (Å²) in [5, 5.41) is 27.0. The first-order valence-electron chi connectivity index (χ1n) is 11.0. The Morgan fingerprint density at radius 2 is 1.90 bits per heavy atom. The number of fused-ring (bicyclic) bond motifs is 3. The number of rotatable bonds is 5. The molecule has 3 aromatic rings. The van der Waals surface area contributed by atoms with Crippen LogP contribution in [0.25, 0.3) is 17.0 Å². The van der Waals surface area contributed by atoms with Gasteiger partial charge in [-0.25, -0.2) is 0 Å². The number of hydrogen-bond acceptors (Lipinski definition) is 8. The van der Waals surface area contributed by atoms with Crippen molar-refractivity contribution in [3.8, 4) is 22.9 Å². The van der Waals surface area contributed by atoms with E-state index >= 15 is 0 Å². The Bertz CT molecular complexity index is 1060. The Hall–Kier alpha value is -3.07. The van der Waals surface area contributed by atoms with E-state index in [-0.39, 0.29) is 5.75 Å². The summed E-state index contributed by atoms with van der Waals surface area (Å²) in [5.41, 5.74) is 2.42. The fourth-order valence-corrected chi connectivity index (χ4v) is 4.41. The van der Waals surface area contributed by atoms with Crippen LogP contribution in [0.4, 0.5) is 11.5 Å². The summed E-state index contributed by atoms with van der Waals surface area (Å²) < 4.78 is 7.84. The van der Waals surface area contributed by atoms with Gasteiger partial charge in [0.25, 0.3) is 0 Å². The molecule has 1 aromatic carbocycles. The molecule has 5 rings (SSSR count). The van der Waals surface area contributed by atoms with Gasteiger partial charge in [0.15, 0.2) is 17.4 Å². The van der Waals surface area contributed by atoms with Crippen molar-refractivity contribution in [3.63, 3.8) is 0 Å². The SMILES string of the molecule is CCN1CCOc2c1c(NCC1CCN(C)CC1)nn1c(-c3ccc(O)cc3)nnc21. The van der Waals surface area contributed by atoms with Gasteiger partial charge in [0.05, 0.1) is 6.54 Å². The number of phenols is 1. The average Bonchev–Trinajstić information content (AvgIpc) is 3.22. The van der Waals surface area contributed by atoms with Gasteiger partial charge >= 0.3 is 0 Å². The third-order valence-electron chi connectivity index (χ3n) is 6.31. The Balaban J connectivity index is 1.55. The van der Waals surface area contributed by atoms with Crippen molar-refractivity contribution in [1.82, 2.24) is 24.7 Å². The predicted octanol–water partition coefficient (Wildman–Crippen LogP) is 2.47. The summed E-state index contributed by atoms with van der Waals surface area (Å²) in [6, 6.07) is 6.92. The molecule has 0 spiro atoms. The van der Waals surface area contributed by atoms with Crippen molar-refractivity contribution < 1.29 is 9.84 Å². The van der Waals surface area contributed by atoms with E-state index in [4.69, 9.17) is 9.84 Å². The number of likely N-dealkylation sites (N-methyl/N-ethyl adjacent to an activating group) is 1. The summed E-state index contributed by atoms with van der Waals surface area (Å²) in [4.78, 5) is 4.67. The molecule has 1 saturated heterocycles. The minimum absolute atomic E-state index is 0.213. The lowest BCUT2D eigenvalue weighted by molar-refractivity contribution is 0.226. The average molecular weight is 424 g/mol. The van der Waals surface area contributed by atoms with E-state index in [0.29, 0.717) is 24.0 Å². The lowest BCUT2D eigenvalue weighted by atomic mass is 9.97. The van der Waals surface area contributed by atoms with Crippen LogP contribution in [-0.2, 0) is 0 Å². The van der Waals surface area contributed by atoms with E-state index in [1.807, 2.05) is 12.1 Å². The fourth-order valence-electron chi connectivity index (χ4n) is 4.41. The Morgan fingerprint density at radius 1 is 1.13 bits per heavy atom. The zero-order chi connectivity index (χ0) is 21.4. The normalized spacial score (nSPS) is 17.5. The highest BCUT2D eigenvalue weighted by Crippen LogP contribution is 2.41. The lowest BCUT2D eigenvalue weighted by Gasteiger charge is -2.33. The molecule has 4 heterocycles. The van der Waals surface area contributed by atoms with Gasteiger partial charge in [-0.3, -0.25) is 0 Å². The van der Waals surface area contributed by atoms with Crippen LogP contribution >= 0.6 is 0 Å². The monoisotopic (exact) mass is 423 g/mol. The number of anilines is 2. The zero-order valence-electron chi connectivity index (χ0n) is 18.1. The lowest BCUT2D eigenvalue weighted by Crippen LogP contribution is -2.35. The van der Waals surface area contributed by atoms with Crippen LogP contribution in [0.1, 0.15) is 19.8 Å². The highest BCUT2D eigenvalue weighted by Gasteiger charge is 2.28. The summed E-state index contributed by atoms with van der Waals surface area (Å²) in [6.45, 7) is 7.60. The van der Waals surface area contributed by atoms with E-state index in [2.05, 4.69) is 39.3 Å². The maximum atomic E-state index is 9.64. The molecule has 0 aliphatic carbocycles. The third-order valence-corrected chi connectivity index (χ3v) is 6.31. The quantitative estimate of drug-likeness (QED) is 0.647. The summed E-state index contributed by atoms with van der Waals surface area (Å²) in [7, 11) is 2.18. The number of hydrogen-bond donors (Lipinski definition) is 2. The van der Waals surface area contributed by atoms with Crippen LogP contribution in [0, 0.1) is 5.92 Å². The summed E-state index contributed by atoms with van der Waals surface area (Å²) in [6.07, 6.45) is 2.38. The number of nitrogens with zero attached hydrogens (tertiary/aromatic N) is 6. The molecule has 9 nitrogen and oxygen atoms in total. The molecular weight excluding hydrogens is 394 g/mol. The molecule has 1 fully saturated rings. The molecular formula is C22H29N7O2. The molecule has 0 unspecified atom stereocenters. The molecule has 2 aromatic heterocycles. The number of likely N-dealkylation sites (tertiary alicyclic amines) is 1. The number of benzene rings is 1. The van der Waals surface area contributed by atoms with Gasteiger partial charge in [-0.2, -0.15) is 4.52 Å². The van der Waals surface area contributed by atoms with Gasteiger partial charge in [-0.15, -0.1) is 15.3 Å². The van der Waals surface area contributed by atoms with Crippen LogP contribution in [-0.4, -0.2) is 76.2 Å². The number of ether oxygens (including phenoxy) is 1. The van der Waals surface area contributed by atoms with Crippen molar-refractivity contribution in [2.75, 3.05) is 56.6 Å². The molecule has 2 aliphatic heterocycles. The van der Waals surface area contributed by atoms with Gasteiger partial charge in [0, 0.05) is 18.7 Å². The summed E-state index contributed by atoms with van der Waals surface area (Å²) >= 11 is 0. The van der Waals surface area contributed by atoms with E-state index in [1.54, 1.807) is 16.6 Å². The first-order chi connectivity index (χ1) is 15.1. The molecule has 0 saturated carbocycles. The molecule has 0 amide bonds. The zero-order valence-corrected chi connectivity index (χ0v) is 18.1. The van der Waals surface area contributed by atoms with Crippen LogP contribution in [0.2, 0.25) is 0 Å². The van der Waals surface area contributed by atoms with Gasteiger partial charge in [0.2, 0.25) is 5.65 Å². The second kappa shape index (κ2) is 8.22. The molecule has 0 radical (unpaired) electrons. The Kier molecular flexibility index (Phi) is 5.27. The largest absolute Gasteiger partial charge is 0.508 e. The minimum atomic E-state index is 0.213. The van der Waals surface area contributed by atoms with Gasteiger partial charge in [0.1, 0.15) is 18.0 Å². The van der Waals surface area contributed by atoms with Crippen molar-refractivity contribution in [2.45, 2.75) is 19.8 Å². The van der Waals surface area contributed by atoms with E-state index in [1.165, 1.54) is 12.8 Å². The van der Waals surface area contributed by atoms with Crippen LogP contribution in [0.5, 0.6) is 11.5 Å². The highest BCUT2D eigenvalue weighted by atomic mass is 16.5. The number of nitrogens with one attached hydrogen (secondary N) is 1. The second-order valence-corrected chi connectivity index (χ2v) is 8.39. The highest BCUT2D eigenvalue weighted by molar-refractivity contribution is 5.82. The molecule has 9 heteroatoms. The van der Waals surface area contributed by atoms with E-state index in [9.17, 15) is 5.11 Å². The third kappa shape index (κ3) is 3.74. The topological polar surface area (TPSA) is 91.1 Å². The molecule has 31 heavy (non-hydrogen) atoms. The maximum Gasteiger partial charge on any atom is 0.222 e. The maximum absolute atomic E-state index is 9.64. The van der Waals surface area contributed by atoms with Crippen LogP contribution in [0.3, 0.4) is 0 Å². The van der Waals surface area contributed by atoms with Crippen molar-refractivity contribution in [2.24, 2.45) is 5.92 Å². The first kappa shape index (κ1) is 19.9. The molecule has 0 atom stereocenters. The van der Waals surface area contributed by atoms with Crippen LogP contribution < -0.4 is 15.0 Å².